The molecule has 2 unspecified atom stereocenters. The van der Waals surface area contributed by atoms with Gasteiger partial charge in [0.25, 0.3) is 5.56 Å². The molecule has 0 N–H and O–H groups in total. The summed E-state index contributed by atoms with van der Waals surface area (Å²) in [6, 6.07) is 5.52. The second-order valence-corrected chi connectivity index (χ2v) is 9.21. The normalized spacial score (nSPS) is 19.9. The number of imidazole rings is 1. The molecule has 4 aromatic rings. The first-order valence-electron chi connectivity index (χ1n) is 10.0. The first-order valence-corrected chi connectivity index (χ1v) is 10.4. The average molecular weight is 427 g/mol. The Morgan fingerprint density at radius 2 is 2.03 bits per heavy atom. The molecule has 1 aliphatic rings. The predicted octanol–water partition coefficient (Wildman–Crippen LogP) is 3.53. The molecule has 0 bridgehead atoms. The summed E-state index contributed by atoms with van der Waals surface area (Å²) >= 11 is 6.58. The number of hydrogen-bond acceptors (Lipinski definition) is 5. The van der Waals surface area contributed by atoms with E-state index in [2.05, 4.69) is 36.1 Å². The second-order valence-electron chi connectivity index (χ2n) is 8.80. The fourth-order valence-corrected chi connectivity index (χ4v) is 4.39. The molecule has 4 heterocycles. The van der Waals surface area contributed by atoms with Crippen molar-refractivity contribution in [1.82, 2.24) is 28.9 Å². The molecule has 0 radical (unpaired) electrons. The number of rotatable bonds is 2. The Morgan fingerprint density at radius 1 is 1.23 bits per heavy atom. The van der Waals surface area contributed by atoms with Crippen molar-refractivity contribution < 1.29 is 4.74 Å². The quantitative estimate of drug-likeness (QED) is 0.490. The summed E-state index contributed by atoms with van der Waals surface area (Å²) in [7, 11) is 0. The molecule has 1 saturated heterocycles. The van der Waals surface area contributed by atoms with Gasteiger partial charge >= 0.3 is 0 Å². The van der Waals surface area contributed by atoms with Gasteiger partial charge in [-0.15, -0.1) is 5.10 Å². The Bertz CT molecular complexity index is 1330. The minimum atomic E-state index is -0.168. The van der Waals surface area contributed by atoms with Crippen LogP contribution in [0.4, 0.5) is 0 Å². The number of nitrogens with zero attached hydrogens (tertiary/aromatic N) is 6. The SMILES string of the molecule is CC1OCCC1n1c(=O)c2c(-n3cc(C(C)(C)C)nn3)ncn2c2cccc(Cl)c21. The second kappa shape index (κ2) is 6.65. The van der Waals surface area contributed by atoms with Crippen molar-refractivity contribution in [2.75, 3.05) is 6.61 Å². The molecular weight excluding hydrogens is 404 g/mol. The molecule has 0 aliphatic carbocycles. The minimum absolute atomic E-state index is 0.0881. The predicted molar refractivity (Wildman–Crippen MR) is 115 cm³/mol. The van der Waals surface area contributed by atoms with Crippen LogP contribution in [0, 0.1) is 0 Å². The largest absolute Gasteiger partial charge is 0.376 e. The van der Waals surface area contributed by atoms with E-state index in [0.717, 1.165) is 17.6 Å². The van der Waals surface area contributed by atoms with Crippen molar-refractivity contribution in [3.05, 3.63) is 51.8 Å². The highest BCUT2D eigenvalue weighted by molar-refractivity contribution is 6.35. The van der Waals surface area contributed by atoms with E-state index < -0.39 is 0 Å². The molecule has 0 amide bonds. The monoisotopic (exact) mass is 426 g/mol. The van der Waals surface area contributed by atoms with Crippen LogP contribution in [-0.2, 0) is 10.2 Å². The van der Waals surface area contributed by atoms with Gasteiger partial charge in [0.15, 0.2) is 11.3 Å². The minimum Gasteiger partial charge on any atom is -0.376 e. The summed E-state index contributed by atoms with van der Waals surface area (Å²) in [6.45, 7) is 8.80. The molecule has 1 fully saturated rings. The van der Waals surface area contributed by atoms with Crippen LogP contribution in [0.15, 0.2) is 35.5 Å². The summed E-state index contributed by atoms with van der Waals surface area (Å²) in [6.07, 6.45) is 4.13. The fourth-order valence-electron chi connectivity index (χ4n) is 4.13. The lowest BCUT2D eigenvalue weighted by atomic mass is 9.93. The van der Waals surface area contributed by atoms with Crippen LogP contribution in [0.5, 0.6) is 0 Å². The van der Waals surface area contributed by atoms with E-state index >= 15 is 0 Å². The van der Waals surface area contributed by atoms with Gasteiger partial charge in [0.2, 0.25) is 0 Å². The molecule has 1 aliphatic heterocycles. The highest BCUT2D eigenvalue weighted by Crippen LogP contribution is 2.32. The molecule has 2 atom stereocenters. The smallest absolute Gasteiger partial charge is 0.279 e. The summed E-state index contributed by atoms with van der Waals surface area (Å²) in [4.78, 5) is 18.3. The van der Waals surface area contributed by atoms with E-state index in [-0.39, 0.29) is 23.1 Å². The lowest BCUT2D eigenvalue weighted by molar-refractivity contribution is 0.108. The maximum atomic E-state index is 13.8. The van der Waals surface area contributed by atoms with Gasteiger partial charge in [-0.3, -0.25) is 13.8 Å². The van der Waals surface area contributed by atoms with Gasteiger partial charge in [0, 0.05) is 12.0 Å². The van der Waals surface area contributed by atoms with Crippen LogP contribution in [0.2, 0.25) is 5.02 Å². The van der Waals surface area contributed by atoms with Crippen LogP contribution in [0.3, 0.4) is 0 Å². The number of fused-ring (bicyclic) bond motifs is 3. The van der Waals surface area contributed by atoms with Crippen molar-refractivity contribution >= 4 is 28.2 Å². The zero-order chi connectivity index (χ0) is 21.2. The highest BCUT2D eigenvalue weighted by atomic mass is 35.5. The highest BCUT2D eigenvalue weighted by Gasteiger charge is 2.31. The Morgan fingerprint density at radius 3 is 2.70 bits per heavy atom. The number of benzene rings is 1. The molecule has 5 rings (SSSR count). The fraction of sp³-hybridized carbons (Fsp3) is 0.429. The summed E-state index contributed by atoms with van der Waals surface area (Å²) in [5.41, 5.74) is 2.44. The topological polar surface area (TPSA) is 79.2 Å². The van der Waals surface area contributed by atoms with Gasteiger partial charge in [-0.25, -0.2) is 4.98 Å². The molecule has 8 nitrogen and oxygen atoms in total. The Labute approximate surface area is 178 Å². The van der Waals surface area contributed by atoms with Gasteiger partial charge in [-0.2, -0.15) is 4.68 Å². The summed E-state index contributed by atoms with van der Waals surface area (Å²) in [5.74, 6) is 0.449. The van der Waals surface area contributed by atoms with Crippen LogP contribution in [0.1, 0.15) is 45.9 Å². The van der Waals surface area contributed by atoms with Crippen molar-refractivity contribution in [3.8, 4) is 5.82 Å². The zero-order valence-corrected chi connectivity index (χ0v) is 18.1. The maximum Gasteiger partial charge on any atom is 0.279 e. The molecular formula is C21H23ClN6O2. The average Bonchev–Trinajstić information content (AvgIpc) is 3.41. The number of ether oxygens (including phenoxy) is 1. The van der Waals surface area contributed by atoms with Crippen molar-refractivity contribution in [2.45, 2.75) is 51.7 Å². The van der Waals surface area contributed by atoms with E-state index in [4.69, 9.17) is 16.3 Å². The summed E-state index contributed by atoms with van der Waals surface area (Å²) in [5, 5.41) is 9.05. The maximum absolute atomic E-state index is 13.8. The number of halogens is 1. The Hall–Kier alpha value is -2.71. The van der Waals surface area contributed by atoms with Crippen LogP contribution >= 0.6 is 11.6 Å². The number of aromatic nitrogens is 6. The van der Waals surface area contributed by atoms with Crippen molar-refractivity contribution in [3.63, 3.8) is 0 Å². The molecule has 0 saturated carbocycles. The van der Waals surface area contributed by atoms with E-state index in [1.54, 1.807) is 26.0 Å². The van der Waals surface area contributed by atoms with Gasteiger partial charge in [-0.1, -0.05) is 43.7 Å². The van der Waals surface area contributed by atoms with Crippen molar-refractivity contribution in [1.29, 1.82) is 0 Å². The van der Waals surface area contributed by atoms with E-state index in [1.807, 2.05) is 25.3 Å². The van der Waals surface area contributed by atoms with Gasteiger partial charge in [-0.05, 0) is 25.5 Å². The van der Waals surface area contributed by atoms with Crippen LogP contribution in [-0.4, -0.2) is 41.7 Å². The van der Waals surface area contributed by atoms with Crippen molar-refractivity contribution in [2.24, 2.45) is 0 Å². The Kier molecular flexibility index (Phi) is 4.27. The molecule has 30 heavy (non-hydrogen) atoms. The Balaban J connectivity index is 1.85. The molecule has 0 spiro atoms. The number of hydrogen-bond donors (Lipinski definition) is 0. The van der Waals surface area contributed by atoms with Gasteiger partial charge < -0.3 is 4.74 Å². The zero-order valence-electron chi connectivity index (χ0n) is 17.3. The third-order valence-electron chi connectivity index (χ3n) is 5.78. The van der Waals surface area contributed by atoms with E-state index in [1.165, 1.54) is 0 Å². The third kappa shape index (κ3) is 2.78. The summed E-state index contributed by atoms with van der Waals surface area (Å²) < 4.78 is 10.9. The lowest BCUT2D eigenvalue weighted by Gasteiger charge is -2.21. The molecule has 1 aromatic carbocycles. The van der Waals surface area contributed by atoms with Crippen LogP contribution in [0.25, 0.3) is 22.4 Å². The van der Waals surface area contributed by atoms with E-state index in [9.17, 15) is 4.79 Å². The molecule has 156 valence electrons. The first kappa shape index (κ1) is 19.3. The lowest BCUT2D eigenvalue weighted by Crippen LogP contribution is -2.31. The van der Waals surface area contributed by atoms with E-state index in [0.29, 0.717) is 28.5 Å². The first-order chi connectivity index (χ1) is 14.3. The standard InChI is InChI=1S/C21H23ClN6O2/c1-12-14(8-9-30-12)28-17-13(22)6-5-7-15(17)26-11-23-19(18(26)20(28)29)27-10-16(24-25-27)21(2,3)4/h5-7,10-12,14H,8-9H2,1-4H3. The van der Waals surface area contributed by atoms with Gasteiger partial charge in [0.05, 0.1) is 40.1 Å². The molecule has 9 heteroatoms. The number of para-hydroxylation sites is 1. The third-order valence-corrected chi connectivity index (χ3v) is 6.09. The van der Waals surface area contributed by atoms with Crippen LogP contribution < -0.4 is 5.56 Å². The molecule has 3 aromatic heterocycles. The van der Waals surface area contributed by atoms with Gasteiger partial charge in [0.1, 0.15) is 6.33 Å².